The highest BCUT2D eigenvalue weighted by Crippen LogP contribution is 2.24. The van der Waals surface area contributed by atoms with E-state index in [2.05, 4.69) is 48.2 Å². The van der Waals surface area contributed by atoms with E-state index in [-0.39, 0.29) is 0 Å². The van der Waals surface area contributed by atoms with Crippen molar-refractivity contribution in [2.75, 3.05) is 29.9 Å². The maximum atomic E-state index is 4.42. The first-order valence-electron chi connectivity index (χ1n) is 8.15. The number of piperidine rings is 1. The van der Waals surface area contributed by atoms with Gasteiger partial charge in [-0.3, -0.25) is 0 Å². The number of likely N-dealkylation sites (N-methyl/N-ethyl adjacent to an activating group) is 1. The van der Waals surface area contributed by atoms with Gasteiger partial charge in [-0.15, -0.1) is 5.10 Å². The van der Waals surface area contributed by atoms with Crippen LogP contribution in [0, 0.1) is 6.92 Å². The molecule has 1 aliphatic rings. The van der Waals surface area contributed by atoms with Crippen molar-refractivity contribution in [1.29, 1.82) is 0 Å². The molecular formula is C16H20N8. The van der Waals surface area contributed by atoms with Crippen LogP contribution in [0.5, 0.6) is 0 Å². The predicted molar refractivity (Wildman–Crippen MR) is 91.2 cm³/mol. The number of anilines is 2. The van der Waals surface area contributed by atoms with Crippen LogP contribution in [-0.4, -0.2) is 56.0 Å². The quantitative estimate of drug-likeness (QED) is 0.719. The van der Waals surface area contributed by atoms with Crippen molar-refractivity contribution in [3.63, 3.8) is 0 Å². The van der Waals surface area contributed by atoms with Gasteiger partial charge in [0.25, 0.3) is 5.78 Å². The van der Waals surface area contributed by atoms with Gasteiger partial charge in [-0.2, -0.15) is 19.7 Å². The third-order valence-corrected chi connectivity index (χ3v) is 4.55. The largest absolute Gasteiger partial charge is 0.355 e. The summed E-state index contributed by atoms with van der Waals surface area (Å²) in [5, 5.41) is 12.6. The number of fused-ring (bicyclic) bond motifs is 1. The first kappa shape index (κ1) is 14.8. The van der Waals surface area contributed by atoms with Crippen molar-refractivity contribution in [3.8, 4) is 0 Å². The van der Waals surface area contributed by atoms with Crippen LogP contribution in [0.25, 0.3) is 5.78 Å². The Morgan fingerprint density at radius 2 is 2.25 bits per heavy atom. The van der Waals surface area contributed by atoms with E-state index in [0.717, 1.165) is 43.3 Å². The van der Waals surface area contributed by atoms with Crippen molar-refractivity contribution in [2.24, 2.45) is 0 Å². The van der Waals surface area contributed by atoms with Crippen molar-refractivity contribution in [2.45, 2.75) is 25.8 Å². The molecule has 1 fully saturated rings. The zero-order chi connectivity index (χ0) is 16.5. The Kier molecular flexibility index (Phi) is 3.72. The zero-order valence-electron chi connectivity index (χ0n) is 13.9. The van der Waals surface area contributed by atoms with Gasteiger partial charge in [0, 0.05) is 44.1 Å². The number of rotatable bonds is 3. The molecule has 0 amide bonds. The minimum absolute atomic E-state index is 0.370. The van der Waals surface area contributed by atoms with Crippen LogP contribution < -0.4 is 9.80 Å². The maximum absolute atomic E-state index is 4.42. The second-order valence-electron chi connectivity index (χ2n) is 6.16. The Morgan fingerprint density at radius 3 is 3.08 bits per heavy atom. The van der Waals surface area contributed by atoms with Crippen molar-refractivity contribution in [1.82, 2.24) is 29.8 Å². The summed E-state index contributed by atoms with van der Waals surface area (Å²) in [6.07, 6.45) is 5.51. The van der Waals surface area contributed by atoms with Gasteiger partial charge < -0.3 is 9.80 Å². The summed E-state index contributed by atoms with van der Waals surface area (Å²) >= 11 is 0. The highest BCUT2D eigenvalue weighted by Gasteiger charge is 2.26. The summed E-state index contributed by atoms with van der Waals surface area (Å²) in [6.45, 7) is 3.91. The number of hydrogen-bond acceptors (Lipinski definition) is 7. The number of nitrogens with zero attached hydrogens (tertiary/aromatic N) is 8. The molecular weight excluding hydrogens is 304 g/mol. The van der Waals surface area contributed by atoms with Gasteiger partial charge in [0.2, 0.25) is 0 Å². The lowest BCUT2D eigenvalue weighted by molar-refractivity contribution is 0.480. The lowest BCUT2D eigenvalue weighted by atomic mass is 10.0. The van der Waals surface area contributed by atoms with Crippen LogP contribution in [-0.2, 0) is 0 Å². The van der Waals surface area contributed by atoms with E-state index in [1.807, 2.05) is 19.1 Å². The van der Waals surface area contributed by atoms with E-state index in [4.69, 9.17) is 0 Å². The Balaban J connectivity index is 1.61. The number of aryl methyl sites for hydroxylation is 1. The third kappa shape index (κ3) is 2.64. The zero-order valence-corrected chi connectivity index (χ0v) is 13.9. The Bertz CT molecular complexity index is 830. The van der Waals surface area contributed by atoms with Crippen LogP contribution in [0.15, 0.2) is 30.7 Å². The second kappa shape index (κ2) is 6.03. The lowest BCUT2D eigenvalue weighted by Crippen LogP contribution is -2.47. The van der Waals surface area contributed by atoms with E-state index >= 15 is 0 Å². The molecule has 124 valence electrons. The minimum Gasteiger partial charge on any atom is -0.355 e. The smallest absolute Gasteiger partial charge is 0.254 e. The average molecular weight is 324 g/mol. The molecule has 0 saturated carbocycles. The standard InChI is InChI=1S/C16H20N8/c1-12-9-15(24-16(20-12)17-11-19-24)22(2)13-5-4-8-23(10-13)14-6-3-7-18-21-14/h3,6-7,9,11,13H,4-5,8,10H2,1-2H3/t13-/m1/s1. The van der Waals surface area contributed by atoms with Gasteiger partial charge in [-0.05, 0) is 31.9 Å². The van der Waals surface area contributed by atoms with Gasteiger partial charge in [0.05, 0.1) is 0 Å². The molecule has 24 heavy (non-hydrogen) atoms. The Hall–Kier alpha value is -2.77. The van der Waals surface area contributed by atoms with E-state index in [9.17, 15) is 0 Å². The van der Waals surface area contributed by atoms with Crippen LogP contribution in [0.3, 0.4) is 0 Å². The van der Waals surface area contributed by atoms with Gasteiger partial charge in [0.1, 0.15) is 12.1 Å². The monoisotopic (exact) mass is 324 g/mol. The summed E-state index contributed by atoms with van der Waals surface area (Å²) in [7, 11) is 2.11. The summed E-state index contributed by atoms with van der Waals surface area (Å²) in [5.74, 6) is 2.59. The second-order valence-corrected chi connectivity index (χ2v) is 6.16. The van der Waals surface area contributed by atoms with Crippen molar-refractivity contribution < 1.29 is 0 Å². The molecule has 0 aromatic carbocycles. The summed E-state index contributed by atoms with van der Waals surface area (Å²) in [5.41, 5.74) is 0.943. The minimum atomic E-state index is 0.370. The van der Waals surface area contributed by atoms with Crippen LogP contribution in [0.2, 0.25) is 0 Å². The molecule has 0 radical (unpaired) electrons. The number of hydrogen-bond donors (Lipinski definition) is 0. The lowest BCUT2D eigenvalue weighted by Gasteiger charge is -2.38. The van der Waals surface area contributed by atoms with E-state index in [0.29, 0.717) is 11.8 Å². The molecule has 4 heterocycles. The summed E-state index contributed by atoms with van der Waals surface area (Å²) in [4.78, 5) is 13.2. The molecule has 0 spiro atoms. The van der Waals surface area contributed by atoms with Crippen LogP contribution >= 0.6 is 0 Å². The van der Waals surface area contributed by atoms with Crippen LogP contribution in [0.1, 0.15) is 18.5 Å². The topological polar surface area (TPSA) is 75.3 Å². The van der Waals surface area contributed by atoms with E-state index < -0.39 is 0 Å². The molecule has 3 aromatic rings. The molecule has 1 saturated heterocycles. The fourth-order valence-electron chi connectivity index (χ4n) is 3.29. The van der Waals surface area contributed by atoms with Gasteiger partial charge >= 0.3 is 0 Å². The van der Waals surface area contributed by atoms with Crippen molar-refractivity contribution in [3.05, 3.63) is 36.4 Å². The molecule has 4 rings (SSSR count). The van der Waals surface area contributed by atoms with Crippen molar-refractivity contribution >= 4 is 17.4 Å². The first-order valence-corrected chi connectivity index (χ1v) is 8.15. The highest BCUT2D eigenvalue weighted by molar-refractivity contribution is 5.48. The van der Waals surface area contributed by atoms with Gasteiger partial charge in [0.15, 0.2) is 5.82 Å². The Labute approximate surface area is 140 Å². The van der Waals surface area contributed by atoms with E-state index in [1.165, 1.54) is 0 Å². The molecule has 8 nitrogen and oxygen atoms in total. The number of aromatic nitrogens is 6. The highest BCUT2D eigenvalue weighted by atomic mass is 15.4. The molecule has 1 aliphatic heterocycles. The molecule has 1 atom stereocenters. The van der Waals surface area contributed by atoms with E-state index in [1.54, 1.807) is 17.0 Å². The predicted octanol–water partition coefficient (Wildman–Crippen LogP) is 1.33. The SMILES string of the molecule is Cc1cc(N(C)[C@@H]2CCCN(c3cccnn3)C2)n2ncnc2n1. The third-order valence-electron chi connectivity index (χ3n) is 4.55. The fraction of sp³-hybridized carbons (Fsp3) is 0.438. The van der Waals surface area contributed by atoms with Crippen LogP contribution in [0.4, 0.5) is 11.6 Å². The molecule has 8 heteroatoms. The molecule has 0 unspecified atom stereocenters. The maximum Gasteiger partial charge on any atom is 0.254 e. The fourth-order valence-corrected chi connectivity index (χ4v) is 3.29. The summed E-state index contributed by atoms with van der Waals surface area (Å²) < 4.78 is 1.80. The van der Waals surface area contributed by atoms with Gasteiger partial charge in [-0.25, -0.2) is 4.98 Å². The normalized spacial score (nSPS) is 18.1. The molecule has 0 bridgehead atoms. The molecule has 0 aliphatic carbocycles. The average Bonchev–Trinajstić information content (AvgIpc) is 3.09. The Morgan fingerprint density at radius 1 is 1.33 bits per heavy atom. The summed E-state index contributed by atoms with van der Waals surface area (Å²) in [6, 6.07) is 6.38. The first-order chi connectivity index (χ1) is 11.7. The molecule has 3 aromatic heterocycles. The van der Waals surface area contributed by atoms with Gasteiger partial charge in [-0.1, -0.05) is 0 Å². The molecule has 0 N–H and O–H groups in total.